The fourth-order valence-electron chi connectivity index (χ4n) is 2.21. The number of hydrogen-bond donors (Lipinski definition) is 1. The van der Waals surface area contributed by atoms with Gasteiger partial charge in [0.2, 0.25) is 5.91 Å². The molecule has 2 atom stereocenters. The van der Waals surface area contributed by atoms with Crippen molar-refractivity contribution in [3.8, 4) is 0 Å². The molecule has 0 spiro atoms. The molecule has 1 amide bonds. The summed E-state index contributed by atoms with van der Waals surface area (Å²) < 4.78 is 0. The summed E-state index contributed by atoms with van der Waals surface area (Å²) in [6, 6.07) is 9.42. The van der Waals surface area contributed by atoms with Crippen LogP contribution in [0, 0.1) is 12.8 Å². The van der Waals surface area contributed by atoms with E-state index in [1.807, 2.05) is 56.5 Å². The molecule has 0 fully saturated rings. The Balaban J connectivity index is 2.17. The van der Waals surface area contributed by atoms with E-state index < -0.39 is 0 Å². The number of aromatic nitrogens is 1. The third-order valence-electron chi connectivity index (χ3n) is 3.53. The lowest BCUT2D eigenvalue weighted by Crippen LogP contribution is -2.39. The number of amides is 1. The minimum Gasteiger partial charge on any atom is -0.323 e. The normalized spacial score (nSPS) is 13.7. The van der Waals surface area contributed by atoms with Crippen molar-refractivity contribution in [1.29, 1.82) is 0 Å². The van der Waals surface area contributed by atoms with Gasteiger partial charge in [0.1, 0.15) is 0 Å². The number of nitrogens with zero attached hydrogens (tertiary/aromatic N) is 2. The Labute approximate surface area is 129 Å². The van der Waals surface area contributed by atoms with E-state index in [9.17, 15) is 4.79 Å². The lowest BCUT2D eigenvalue weighted by atomic mass is 9.94. The fraction of sp³-hybridized carbons (Fsp3) is 0.375. The number of hydrogen-bond acceptors (Lipinski definition) is 4. The smallest absolute Gasteiger partial charge is 0.233 e. The monoisotopic (exact) mass is 303 g/mol. The van der Waals surface area contributed by atoms with Crippen LogP contribution in [0.5, 0.6) is 0 Å². The highest BCUT2D eigenvalue weighted by atomic mass is 32.1. The topological polar surface area (TPSA) is 59.2 Å². The number of benzene rings is 1. The minimum atomic E-state index is -0.311. The van der Waals surface area contributed by atoms with E-state index in [4.69, 9.17) is 5.73 Å². The second-order valence-electron chi connectivity index (χ2n) is 5.08. The van der Waals surface area contributed by atoms with Crippen LogP contribution in [0.4, 0.5) is 5.13 Å². The van der Waals surface area contributed by atoms with Crippen LogP contribution in [0.2, 0.25) is 0 Å². The predicted molar refractivity (Wildman–Crippen MR) is 87.4 cm³/mol. The average Bonchev–Trinajstić information content (AvgIpc) is 2.93. The first-order valence-electron chi connectivity index (χ1n) is 7.08. The zero-order valence-electron chi connectivity index (χ0n) is 12.6. The summed E-state index contributed by atoms with van der Waals surface area (Å²) in [6.07, 6.45) is 0. The van der Waals surface area contributed by atoms with Crippen LogP contribution in [0.25, 0.3) is 0 Å². The second-order valence-corrected chi connectivity index (χ2v) is 5.92. The van der Waals surface area contributed by atoms with Gasteiger partial charge in [-0.2, -0.15) is 0 Å². The first-order valence-corrected chi connectivity index (χ1v) is 7.96. The Morgan fingerprint density at radius 1 is 1.38 bits per heavy atom. The van der Waals surface area contributed by atoms with Crippen molar-refractivity contribution in [3.63, 3.8) is 0 Å². The number of rotatable bonds is 5. The molecule has 2 N–H and O–H groups in total. The van der Waals surface area contributed by atoms with E-state index >= 15 is 0 Å². The summed E-state index contributed by atoms with van der Waals surface area (Å²) in [6.45, 7) is 6.35. The van der Waals surface area contributed by atoms with E-state index in [0.717, 1.165) is 16.4 Å². The van der Waals surface area contributed by atoms with Gasteiger partial charge < -0.3 is 5.73 Å². The zero-order chi connectivity index (χ0) is 15.4. The molecule has 2 rings (SSSR count). The molecule has 0 aliphatic carbocycles. The average molecular weight is 303 g/mol. The fourth-order valence-corrected chi connectivity index (χ4v) is 3.09. The van der Waals surface area contributed by atoms with Crippen LogP contribution in [0.15, 0.2) is 35.7 Å². The molecule has 2 aromatic rings. The van der Waals surface area contributed by atoms with Crippen molar-refractivity contribution in [2.75, 3.05) is 11.4 Å². The van der Waals surface area contributed by atoms with Gasteiger partial charge in [-0.15, -0.1) is 11.3 Å². The summed E-state index contributed by atoms with van der Waals surface area (Å²) in [7, 11) is 0. The molecule has 112 valence electrons. The highest BCUT2D eigenvalue weighted by molar-refractivity contribution is 7.14. The Bertz CT molecular complexity index is 597. The first-order chi connectivity index (χ1) is 10.0. The molecule has 5 heteroatoms. The van der Waals surface area contributed by atoms with Crippen LogP contribution >= 0.6 is 11.3 Å². The molecule has 1 aromatic carbocycles. The molecule has 0 radical (unpaired) electrons. The standard InChI is InChI=1S/C16H21N3OS/c1-4-19(16-18-11(2)10-21-16)15(20)12(3)14(17)13-8-6-5-7-9-13/h5-10,12,14H,4,17H2,1-3H3. The van der Waals surface area contributed by atoms with Crippen LogP contribution in [-0.2, 0) is 4.79 Å². The van der Waals surface area contributed by atoms with Gasteiger partial charge in [0.25, 0.3) is 0 Å². The Kier molecular flexibility index (Phi) is 5.09. The molecule has 0 aliphatic heterocycles. The number of nitrogens with two attached hydrogens (primary N) is 1. The highest BCUT2D eigenvalue weighted by Crippen LogP contribution is 2.26. The van der Waals surface area contributed by atoms with E-state index in [2.05, 4.69) is 4.98 Å². The lowest BCUT2D eigenvalue weighted by Gasteiger charge is -2.26. The van der Waals surface area contributed by atoms with Gasteiger partial charge >= 0.3 is 0 Å². The number of thiazole rings is 1. The predicted octanol–water partition coefficient (Wildman–Crippen LogP) is 3.14. The maximum absolute atomic E-state index is 12.7. The molecule has 4 nitrogen and oxygen atoms in total. The molecule has 1 aromatic heterocycles. The minimum absolute atomic E-state index is 0.0169. The van der Waals surface area contributed by atoms with Crippen LogP contribution in [0.1, 0.15) is 31.1 Å². The molecule has 0 aliphatic rings. The number of anilines is 1. The van der Waals surface area contributed by atoms with Gasteiger partial charge in [0, 0.05) is 18.0 Å². The van der Waals surface area contributed by atoms with Crippen molar-refractivity contribution in [2.45, 2.75) is 26.8 Å². The molecule has 0 saturated carbocycles. The summed E-state index contributed by atoms with van der Waals surface area (Å²) in [5.41, 5.74) is 8.16. The summed E-state index contributed by atoms with van der Waals surface area (Å²) >= 11 is 1.49. The van der Waals surface area contributed by atoms with Crippen molar-refractivity contribution in [1.82, 2.24) is 4.98 Å². The largest absolute Gasteiger partial charge is 0.323 e. The Hall–Kier alpha value is -1.72. The molecule has 21 heavy (non-hydrogen) atoms. The van der Waals surface area contributed by atoms with Crippen molar-refractivity contribution in [2.24, 2.45) is 11.7 Å². The molecule has 0 saturated heterocycles. The third-order valence-corrected chi connectivity index (χ3v) is 4.51. The first kappa shape index (κ1) is 15.7. The van der Waals surface area contributed by atoms with Gasteiger partial charge in [0.15, 0.2) is 5.13 Å². The van der Waals surface area contributed by atoms with Gasteiger partial charge in [-0.3, -0.25) is 9.69 Å². The number of carbonyl (C=O) groups excluding carboxylic acids is 1. The Morgan fingerprint density at radius 3 is 2.57 bits per heavy atom. The lowest BCUT2D eigenvalue weighted by molar-refractivity contribution is -0.122. The van der Waals surface area contributed by atoms with Crippen LogP contribution in [0.3, 0.4) is 0 Å². The zero-order valence-corrected chi connectivity index (χ0v) is 13.4. The van der Waals surface area contributed by atoms with E-state index in [1.165, 1.54) is 11.3 Å². The highest BCUT2D eigenvalue weighted by Gasteiger charge is 2.28. The van der Waals surface area contributed by atoms with Gasteiger partial charge in [-0.1, -0.05) is 37.3 Å². The Morgan fingerprint density at radius 2 is 2.05 bits per heavy atom. The molecule has 0 bridgehead atoms. The third kappa shape index (κ3) is 3.49. The maximum Gasteiger partial charge on any atom is 0.233 e. The summed E-state index contributed by atoms with van der Waals surface area (Å²) in [4.78, 5) is 18.8. The summed E-state index contributed by atoms with van der Waals surface area (Å²) in [5, 5.41) is 2.69. The molecular weight excluding hydrogens is 282 g/mol. The van der Waals surface area contributed by atoms with Gasteiger partial charge in [0.05, 0.1) is 11.6 Å². The van der Waals surface area contributed by atoms with E-state index in [1.54, 1.807) is 4.90 Å². The van der Waals surface area contributed by atoms with Crippen molar-refractivity contribution >= 4 is 22.4 Å². The molecule has 1 heterocycles. The van der Waals surface area contributed by atoms with Crippen LogP contribution in [-0.4, -0.2) is 17.4 Å². The van der Waals surface area contributed by atoms with Crippen molar-refractivity contribution < 1.29 is 4.79 Å². The number of aryl methyl sites for hydroxylation is 1. The van der Waals surface area contributed by atoms with Crippen molar-refractivity contribution in [3.05, 3.63) is 47.0 Å². The SMILES string of the molecule is CCN(C(=O)C(C)C(N)c1ccccc1)c1nc(C)cs1. The van der Waals surface area contributed by atoms with Gasteiger partial charge in [-0.05, 0) is 19.4 Å². The molecule has 2 unspecified atom stereocenters. The van der Waals surface area contributed by atoms with E-state index in [-0.39, 0.29) is 17.9 Å². The number of carbonyl (C=O) groups is 1. The maximum atomic E-state index is 12.7. The summed E-state index contributed by atoms with van der Waals surface area (Å²) in [5.74, 6) is -0.278. The van der Waals surface area contributed by atoms with E-state index in [0.29, 0.717) is 6.54 Å². The van der Waals surface area contributed by atoms with Gasteiger partial charge in [-0.25, -0.2) is 4.98 Å². The van der Waals surface area contributed by atoms with Crippen LogP contribution < -0.4 is 10.6 Å². The quantitative estimate of drug-likeness (QED) is 0.923. The molecular formula is C16H21N3OS. The second kappa shape index (κ2) is 6.83.